The van der Waals surface area contributed by atoms with E-state index in [1.807, 2.05) is 26.8 Å². The van der Waals surface area contributed by atoms with Crippen molar-refractivity contribution in [3.63, 3.8) is 0 Å². The lowest BCUT2D eigenvalue weighted by molar-refractivity contribution is -0.140. The average molecular weight is 612 g/mol. The predicted molar refractivity (Wildman–Crippen MR) is 166 cm³/mol. The molecule has 3 aromatic rings. The van der Waals surface area contributed by atoms with Gasteiger partial charge in [-0.2, -0.15) is 0 Å². The zero-order chi connectivity index (χ0) is 31.6. The Morgan fingerprint density at radius 3 is 2.12 bits per heavy atom. The number of anilines is 1. The van der Waals surface area contributed by atoms with Crippen LogP contribution in [0.15, 0.2) is 77.7 Å². The largest absolute Gasteiger partial charge is 0.497 e. The molecule has 3 rings (SSSR count). The lowest BCUT2D eigenvalue weighted by Gasteiger charge is -2.34. The number of para-hydroxylation sites is 2. The summed E-state index contributed by atoms with van der Waals surface area (Å²) in [5.74, 6) is 0.487. The van der Waals surface area contributed by atoms with E-state index in [4.69, 9.17) is 14.2 Å². The van der Waals surface area contributed by atoms with Crippen LogP contribution in [0.2, 0.25) is 0 Å². The molecule has 10 nitrogen and oxygen atoms in total. The summed E-state index contributed by atoms with van der Waals surface area (Å²) >= 11 is 0. The van der Waals surface area contributed by atoms with Crippen molar-refractivity contribution in [3.05, 3.63) is 78.4 Å². The first-order valence-electron chi connectivity index (χ1n) is 14.1. The maximum Gasteiger partial charge on any atom is 0.264 e. The maximum absolute atomic E-state index is 14.3. The van der Waals surface area contributed by atoms with Crippen LogP contribution < -0.4 is 23.8 Å². The third-order valence-electron chi connectivity index (χ3n) is 7.15. The van der Waals surface area contributed by atoms with E-state index in [1.165, 1.54) is 43.4 Å². The summed E-state index contributed by atoms with van der Waals surface area (Å²) in [7, 11) is 0.196. The van der Waals surface area contributed by atoms with Crippen molar-refractivity contribution >= 4 is 27.5 Å². The Labute approximate surface area is 254 Å². The molecule has 11 heteroatoms. The van der Waals surface area contributed by atoms with Crippen molar-refractivity contribution in [2.75, 3.05) is 32.2 Å². The van der Waals surface area contributed by atoms with Gasteiger partial charge < -0.3 is 24.4 Å². The van der Waals surface area contributed by atoms with Gasteiger partial charge >= 0.3 is 0 Å². The molecule has 0 unspecified atom stereocenters. The highest BCUT2D eigenvalue weighted by atomic mass is 32.2. The summed E-state index contributed by atoms with van der Waals surface area (Å²) in [4.78, 5) is 29.1. The zero-order valence-electron chi connectivity index (χ0n) is 25.6. The standard InChI is InChI=1S/C32H41N3O7S/c1-7-23(3)33-32(37)28(8-2)34(21-24-12-11-13-26(20-24)41-5)31(36)22-35(29-14-9-10-15-30(29)42-6)43(38,39)27-18-16-25(40-4)17-19-27/h9-20,23,28H,7-8,21-22H2,1-6H3,(H,33,37)/t23-,28-/m0/s1. The van der Waals surface area contributed by atoms with E-state index in [1.54, 1.807) is 49.6 Å². The molecule has 0 radical (unpaired) electrons. The topological polar surface area (TPSA) is 114 Å². The Hall–Kier alpha value is -4.25. The van der Waals surface area contributed by atoms with Crippen LogP contribution in [0.5, 0.6) is 17.2 Å². The van der Waals surface area contributed by atoms with E-state index in [-0.39, 0.29) is 34.8 Å². The molecule has 0 saturated heterocycles. The third kappa shape index (κ3) is 8.19. The number of methoxy groups -OCH3 is 3. The van der Waals surface area contributed by atoms with Gasteiger partial charge in [-0.3, -0.25) is 13.9 Å². The molecule has 1 N–H and O–H groups in total. The van der Waals surface area contributed by atoms with Gasteiger partial charge in [0.15, 0.2) is 0 Å². The van der Waals surface area contributed by atoms with Crippen LogP contribution in [0.1, 0.15) is 39.2 Å². The smallest absolute Gasteiger partial charge is 0.264 e. The molecule has 0 aliphatic rings. The molecule has 43 heavy (non-hydrogen) atoms. The number of amides is 2. The van der Waals surface area contributed by atoms with Crippen molar-refractivity contribution in [2.24, 2.45) is 0 Å². The highest BCUT2D eigenvalue weighted by molar-refractivity contribution is 7.92. The minimum absolute atomic E-state index is 0.0343. The summed E-state index contributed by atoms with van der Waals surface area (Å²) < 4.78 is 45.3. The van der Waals surface area contributed by atoms with Gasteiger partial charge in [0.2, 0.25) is 11.8 Å². The highest BCUT2D eigenvalue weighted by Crippen LogP contribution is 2.33. The molecule has 3 aromatic carbocycles. The number of hydrogen-bond acceptors (Lipinski definition) is 7. The van der Waals surface area contributed by atoms with Crippen LogP contribution in [0.3, 0.4) is 0 Å². The fourth-order valence-electron chi connectivity index (χ4n) is 4.55. The fourth-order valence-corrected chi connectivity index (χ4v) is 5.98. The lowest BCUT2D eigenvalue weighted by atomic mass is 10.1. The van der Waals surface area contributed by atoms with Gasteiger partial charge in [0.05, 0.1) is 31.9 Å². The number of benzene rings is 3. The van der Waals surface area contributed by atoms with E-state index in [9.17, 15) is 18.0 Å². The first kappa shape index (κ1) is 33.3. The van der Waals surface area contributed by atoms with E-state index >= 15 is 0 Å². The second kappa shape index (κ2) is 15.3. The Kier molecular flexibility index (Phi) is 11.8. The number of rotatable bonds is 15. The Morgan fingerprint density at radius 2 is 1.51 bits per heavy atom. The monoisotopic (exact) mass is 611 g/mol. The van der Waals surface area contributed by atoms with Crippen LogP contribution in [-0.4, -0.2) is 65.1 Å². The molecule has 0 spiro atoms. The fraction of sp³-hybridized carbons (Fsp3) is 0.375. The molecular formula is C32H41N3O7S. The molecule has 2 amide bonds. The summed E-state index contributed by atoms with van der Waals surface area (Å²) in [6, 6.07) is 18.7. The zero-order valence-corrected chi connectivity index (χ0v) is 26.4. The normalized spacial score (nSPS) is 12.5. The van der Waals surface area contributed by atoms with E-state index in [2.05, 4.69) is 5.32 Å². The molecule has 0 aliphatic carbocycles. The van der Waals surface area contributed by atoms with E-state index in [0.717, 1.165) is 9.87 Å². The molecule has 0 heterocycles. The number of nitrogens with one attached hydrogen (secondary N) is 1. The Bertz CT molecular complexity index is 1480. The van der Waals surface area contributed by atoms with Crippen LogP contribution >= 0.6 is 0 Å². The Balaban J connectivity index is 2.11. The molecule has 0 bridgehead atoms. The molecule has 0 saturated carbocycles. The average Bonchev–Trinajstić information content (AvgIpc) is 3.03. The number of sulfonamides is 1. The number of hydrogen-bond donors (Lipinski definition) is 1. The van der Waals surface area contributed by atoms with Crippen LogP contribution in [0.4, 0.5) is 5.69 Å². The van der Waals surface area contributed by atoms with Crippen molar-refractivity contribution in [2.45, 2.75) is 57.1 Å². The number of nitrogens with zero attached hydrogens (tertiary/aromatic N) is 2. The summed E-state index contributed by atoms with van der Waals surface area (Å²) in [6.07, 6.45) is 1.03. The number of carbonyl (C=O) groups excluding carboxylic acids is 2. The SMILES string of the molecule is CC[C@H](C)NC(=O)[C@H](CC)N(Cc1cccc(OC)c1)C(=O)CN(c1ccccc1OC)S(=O)(=O)c1ccc(OC)cc1. The van der Waals surface area contributed by atoms with Crippen LogP contribution in [-0.2, 0) is 26.2 Å². The molecule has 2 atom stereocenters. The van der Waals surface area contributed by atoms with E-state index in [0.29, 0.717) is 24.3 Å². The number of carbonyl (C=O) groups is 2. The third-order valence-corrected chi connectivity index (χ3v) is 8.93. The second-order valence-corrected chi connectivity index (χ2v) is 11.8. The molecule has 0 aliphatic heterocycles. The van der Waals surface area contributed by atoms with Crippen molar-refractivity contribution in [3.8, 4) is 17.2 Å². The van der Waals surface area contributed by atoms with Gasteiger partial charge in [-0.25, -0.2) is 8.42 Å². The predicted octanol–water partition coefficient (Wildman–Crippen LogP) is 4.63. The van der Waals surface area contributed by atoms with Gasteiger partial charge in [-0.15, -0.1) is 0 Å². The first-order valence-corrected chi connectivity index (χ1v) is 15.6. The van der Waals surface area contributed by atoms with Gasteiger partial charge in [0, 0.05) is 12.6 Å². The molecule has 232 valence electrons. The second-order valence-electron chi connectivity index (χ2n) is 9.97. The van der Waals surface area contributed by atoms with Crippen LogP contribution in [0.25, 0.3) is 0 Å². The van der Waals surface area contributed by atoms with Crippen molar-refractivity contribution < 1.29 is 32.2 Å². The quantitative estimate of drug-likeness (QED) is 0.267. The molecule has 0 fully saturated rings. The maximum atomic E-state index is 14.3. The minimum atomic E-state index is -4.27. The van der Waals surface area contributed by atoms with E-state index < -0.39 is 28.5 Å². The number of ether oxygens (including phenoxy) is 3. The first-order chi connectivity index (χ1) is 20.6. The minimum Gasteiger partial charge on any atom is -0.497 e. The Morgan fingerprint density at radius 1 is 0.837 bits per heavy atom. The molecular weight excluding hydrogens is 570 g/mol. The summed E-state index contributed by atoms with van der Waals surface area (Å²) in [5, 5.41) is 2.97. The van der Waals surface area contributed by atoms with Gasteiger partial charge in [0.25, 0.3) is 10.0 Å². The van der Waals surface area contributed by atoms with Gasteiger partial charge in [-0.05, 0) is 73.9 Å². The van der Waals surface area contributed by atoms with Crippen LogP contribution in [0, 0.1) is 0 Å². The van der Waals surface area contributed by atoms with Gasteiger partial charge in [0.1, 0.15) is 29.8 Å². The molecule has 0 aromatic heterocycles. The van der Waals surface area contributed by atoms with Crippen molar-refractivity contribution in [1.29, 1.82) is 0 Å². The van der Waals surface area contributed by atoms with Crippen molar-refractivity contribution in [1.82, 2.24) is 10.2 Å². The summed E-state index contributed by atoms with van der Waals surface area (Å²) in [5.41, 5.74) is 0.914. The highest BCUT2D eigenvalue weighted by Gasteiger charge is 2.35. The van der Waals surface area contributed by atoms with Gasteiger partial charge in [-0.1, -0.05) is 38.1 Å². The lowest BCUT2D eigenvalue weighted by Crippen LogP contribution is -2.53. The summed E-state index contributed by atoms with van der Waals surface area (Å²) in [6.45, 7) is 5.15.